The van der Waals surface area contributed by atoms with Crippen LogP contribution in [0.4, 0.5) is 0 Å². The largest absolute Gasteiger partial charge is 0.497 e. The number of allylic oxidation sites excluding steroid dienone is 1. The third-order valence-corrected chi connectivity index (χ3v) is 16.9. The fourth-order valence-corrected chi connectivity index (χ4v) is 14.1. The third kappa shape index (κ3) is 6.82. The van der Waals surface area contributed by atoms with E-state index in [1.807, 2.05) is 30.3 Å². The summed E-state index contributed by atoms with van der Waals surface area (Å²) in [7, 11) is 4.62. The number of furan rings is 1. The fraction of sp³-hybridized carbons (Fsp3) is 0.578. The van der Waals surface area contributed by atoms with Crippen LogP contribution in [0.5, 0.6) is 17.2 Å². The number of nitrogens with one attached hydrogen (secondary N) is 1. The minimum absolute atomic E-state index is 0.0329. The second kappa shape index (κ2) is 16.7. The molecule has 0 radical (unpaired) electrons. The molecule has 1 saturated carbocycles. The van der Waals surface area contributed by atoms with Crippen LogP contribution < -0.4 is 19.5 Å². The first-order chi connectivity index (χ1) is 29.5. The van der Waals surface area contributed by atoms with E-state index in [2.05, 4.69) is 5.32 Å². The lowest BCUT2D eigenvalue weighted by Gasteiger charge is -2.72. The molecule has 2 saturated heterocycles. The predicted octanol–water partition coefficient (Wildman–Crippen LogP) is 3.47. The summed E-state index contributed by atoms with van der Waals surface area (Å²) < 4.78 is 38.6. The van der Waals surface area contributed by atoms with Crippen molar-refractivity contribution in [1.29, 1.82) is 0 Å². The molecule has 61 heavy (non-hydrogen) atoms. The van der Waals surface area contributed by atoms with Gasteiger partial charge in [0.05, 0.1) is 37.9 Å². The Balaban J connectivity index is 1.31. The van der Waals surface area contributed by atoms with E-state index in [-0.39, 0.29) is 43.3 Å². The van der Waals surface area contributed by atoms with E-state index in [1.54, 1.807) is 49.1 Å². The Bertz CT molecular complexity index is 2160. The van der Waals surface area contributed by atoms with Crippen molar-refractivity contribution in [2.45, 2.75) is 91.6 Å². The van der Waals surface area contributed by atoms with Crippen molar-refractivity contribution < 1.29 is 63.5 Å². The number of hydrogen-bond acceptors (Lipinski definition) is 16. The number of benzene rings is 2. The summed E-state index contributed by atoms with van der Waals surface area (Å²) in [6, 6.07) is 11.5. The number of carbonyl (C=O) groups is 1. The lowest BCUT2D eigenvalue weighted by molar-refractivity contribution is -0.451. The van der Waals surface area contributed by atoms with Gasteiger partial charge in [0.2, 0.25) is 5.75 Å². The number of aliphatic hydroxyl groups is 6. The predicted molar refractivity (Wildman–Crippen MR) is 227 cm³/mol. The van der Waals surface area contributed by atoms with Gasteiger partial charge in [0.25, 0.3) is 5.79 Å². The molecule has 6 bridgehead atoms. The lowest BCUT2D eigenvalue weighted by Crippen LogP contribution is -2.91. The lowest BCUT2D eigenvalue weighted by atomic mass is 9.47. The Kier molecular flexibility index (Phi) is 11.8. The summed E-state index contributed by atoms with van der Waals surface area (Å²) >= 11 is 0. The molecule has 4 aliphatic heterocycles. The Morgan fingerprint density at radius 3 is 2.64 bits per heavy atom. The highest BCUT2D eigenvalue weighted by atomic mass is 33.1. The molecule has 3 aromatic rings. The summed E-state index contributed by atoms with van der Waals surface area (Å²) in [6.45, 7) is 1.66. The summed E-state index contributed by atoms with van der Waals surface area (Å²) in [5.41, 5.74) is -4.12. The summed E-state index contributed by atoms with van der Waals surface area (Å²) in [5, 5.41) is 77.5. The number of methoxy groups -OCH3 is 1. The Hall–Kier alpha value is -3.29. The van der Waals surface area contributed by atoms with Gasteiger partial charge >= 0.3 is 5.97 Å². The highest BCUT2D eigenvalue weighted by Gasteiger charge is 2.84. The van der Waals surface area contributed by atoms with Crippen LogP contribution in [0.25, 0.3) is 11.0 Å². The highest BCUT2D eigenvalue weighted by Crippen LogP contribution is 2.68. The van der Waals surface area contributed by atoms with Crippen LogP contribution in [-0.4, -0.2) is 129 Å². The normalized spacial score (nSPS) is 37.7. The SMILES string of the molecule is CCOC(=O)CCc1cc2ccoc2c2c1O[C@]13C=C4C[C@H](CCc5ccc(OC)cc5)[C@H](CNCCSS[C@@H]4[C@](CO)(O1)[C@]1(O)C[C@@H]4C=C[C@H](O)[C@@H](CO)[C@H]4[C@@]3(O)[C@H]1O)O2. The number of rotatable bonds is 10. The Morgan fingerprint density at radius 2 is 1.89 bits per heavy atom. The molecule has 3 fully saturated rings. The van der Waals surface area contributed by atoms with Crippen LogP contribution in [0.15, 0.2) is 70.9 Å². The maximum absolute atomic E-state index is 13.7. The molecule has 9 rings (SSSR count). The fourth-order valence-electron chi connectivity index (χ4n) is 11.1. The van der Waals surface area contributed by atoms with Gasteiger partial charge in [0.15, 0.2) is 16.9 Å². The van der Waals surface area contributed by atoms with Gasteiger partial charge in [-0.15, -0.1) is 0 Å². The number of ether oxygens (including phenoxy) is 5. The minimum atomic E-state index is -2.56. The number of aryl methyl sites for hydroxylation is 2. The number of carbonyl (C=O) groups excluding carboxylic acids is 1. The molecule has 1 aromatic heterocycles. The first-order valence-corrected chi connectivity index (χ1v) is 23.6. The van der Waals surface area contributed by atoms with E-state index in [4.69, 9.17) is 28.1 Å². The van der Waals surface area contributed by atoms with Crippen molar-refractivity contribution in [1.82, 2.24) is 5.32 Å². The van der Waals surface area contributed by atoms with Gasteiger partial charge in [-0.1, -0.05) is 51.4 Å². The van der Waals surface area contributed by atoms with Gasteiger partial charge < -0.3 is 64.1 Å². The molecule has 330 valence electrons. The molecule has 0 amide bonds. The Morgan fingerprint density at radius 1 is 1.07 bits per heavy atom. The van der Waals surface area contributed by atoms with Crippen molar-refractivity contribution in [2.75, 3.05) is 45.8 Å². The monoisotopic (exact) mass is 881 g/mol. The molecule has 1 spiro atoms. The molecule has 0 unspecified atom stereocenters. The standard InChI is InChI=1S/C45H55NO13S2/c1-3-55-35(50)13-9-27-19-28-14-16-56-37(28)39-38(27)58-44-21-30-18-26(7-4-25-5-10-31(54-2)11-6-25)34(57-39)22-46-15-17-60-61-40(30)43(24-48,59-44)42(52)20-29-8-12-33(49)32(23-47)36(29)45(44,53)41(42)51/h5-6,8,10-12,14,16,19,21,26,29,32-34,36,40-41,46-49,51-53H,3-4,7,9,13,15,17-18,20,22-24H2,1-2H3/t26-,29-,32+,33-,34-,36-,40-,41-,42-,43-,44+,45+/m0/s1. The summed E-state index contributed by atoms with van der Waals surface area (Å²) in [5.74, 6) is -4.20. The van der Waals surface area contributed by atoms with Crippen LogP contribution in [0, 0.1) is 23.7 Å². The minimum Gasteiger partial charge on any atom is -0.497 e. The van der Waals surface area contributed by atoms with E-state index in [1.165, 1.54) is 17.1 Å². The van der Waals surface area contributed by atoms with Crippen molar-refractivity contribution in [3.8, 4) is 17.2 Å². The van der Waals surface area contributed by atoms with Crippen LogP contribution in [-0.2, 0) is 27.1 Å². The van der Waals surface area contributed by atoms with Crippen LogP contribution in [0.3, 0.4) is 0 Å². The van der Waals surface area contributed by atoms with Crippen molar-refractivity contribution in [2.24, 2.45) is 23.7 Å². The van der Waals surface area contributed by atoms with Crippen LogP contribution in [0.1, 0.15) is 43.7 Å². The quantitative estimate of drug-likeness (QED) is 0.0884. The molecular formula is C45H55NO13S2. The van der Waals surface area contributed by atoms with Gasteiger partial charge in [0, 0.05) is 55.0 Å². The molecule has 2 aromatic carbocycles. The highest BCUT2D eigenvalue weighted by molar-refractivity contribution is 8.77. The second-order valence-electron chi connectivity index (χ2n) is 17.3. The molecule has 2 aliphatic carbocycles. The molecule has 16 heteroatoms. The molecule has 12 atom stereocenters. The summed E-state index contributed by atoms with van der Waals surface area (Å²) in [4.78, 5) is 12.9. The van der Waals surface area contributed by atoms with Gasteiger partial charge in [0.1, 0.15) is 29.2 Å². The van der Waals surface area contributed by atoms with E-state index in [0.29, 0.717) is 54.6 Å². The van der Waals surface area contributed by atoms with Crippen LogP contribution >= 0.6 is 21.6 Å². The average Bonchev–Trinajstić information content (AvgIpc) is 3.72. The number of hydrogen-bond donors (Lipinski definition) is 7. The molecule has 5 heterocycles. The van der Waals surface area contributed by atoms with Crippen molar-refractivity contribution in [3.63, 3.8) is 0 Å². The van der Waals surface area contributed by atoms with E-state index in [0.717, 1.165) is 16.9 Å². The Labute approximate surface area is 362 Å². The van der Waals surface area contributed by atoms with Gasteiger partial charge in [-0.3, -0.25) is 4.79 Å². The van der Waals surface area contributed by atoms with Crippen molar-refractivity contribution >= 4 is 38.5 Å². The number of esters is 1. The van der Waals surface area contributed by atoms with Crippen molar-refractivity contribution in [3.05, 3.63) is 77.6 Å². The number of fused-ring (bicyclic) bond motifs is 12. The van der Waals surface area contributed by atoms with E-state index < -0.39 is 83.1 Å². The smallest absolute Gasteiger partial charge is 0.306 e. The molecule has 7 N–H and O–H groups in total. The van der Waals surface area contributed by atoms with Gasteiger partial charge in [-0.05, 0) is 86.4 Å². The van der Waals surface area contributed by atoms with E-state index >= 15 is 0 Å². The zero-order valence-corrected chi connectivity index (χ0v) is 35.9. The first-order valence-electron chi connectivity index (χ1n) is 21.2. The van der Waals surface area contributed by atoms with Gasteiger partial charge in [-0.25, -0.2) is 0 Å². The maximum Gasteiger partial charge on any atom is 0.306 e. The topological polar surface area (TPSA) is 210 Å². The third-order valence-electron chi connectivity index (χ3n) is 14.1. The average molecular weight is 882 g/mol. The van der Waals surface area contributed by atoms with Crippen LogP contribution in [0.2, 0.25) is 0 Å². The number of aliphatic hydroxyl groups excluding tert-OH is 4. The maximum atomic E-state index is 13.7. The summed E-state index contributed by atoms with van der Waals surface area (Å²) in [6.07, 6.45) is 4.37. The molecule has 14 nitrogen and oxygen atoms in total. The second-order valence-corrected chi connectivity index (χ2v) is 19.8. The van der Waals surface area contributed by atoms with Gasteiger partial charge in [-0.2, -0.15) is 0 Å². The zero-order valence-electron chi connectivity index (χ0n) is 34.2. The van der Waals surface area contributed by atoms with E-state index in [9.17, 15) is 35.4 Å². The molecule has 6 aliphatic rings. The molecular weight excluding hydrogens is 827 g/mol. The first kappa shape index (κ1) is 43.0. The zero-order chi connectivity index (χ0) is 42.7.